The lowest BCUT2D eigenvalue weighted by Crippen LogP contribution is -2.26. The van der Waals surface area contributed by atoms with E-state index in [0.717, 1.165) is 11.3 Å². The maximum Gasteiger partial charge on any atom is 0.269 e. The summed E-state index contributed by atoms with van der Waals surface area (Å²) in [7, 11) is 0. The Morgan fingerprint density at radius 2 is 1.88 bits per heavy atom. The van der Waals surface area contributed by atoms with Crippen molar-refractivity contribution in [3.05, 3.63) is 46.5 Å². The normalized spacial score (nSPS) is 10.8. The third-order valence-electron chi connectivity index (χ3n) is 2.58. The number of pyridine rings is 1. The molecular formula is C13H15N3O. The van der Waals surface area contributed by atoms with Crippen LogP contribution in [0.1, 0.15) is 25.5 Å². The van der Waals surface area contributed by atoms with Gasteiger partial charge in [-0.05, 0) is 39.0 Å². The molecule has 0 saturated carbocycles. The van der Waals surface area contributed by atoms with Crippen LogP contribution in [0.25, 0.3) is 11.3 Å². The molecule has 0 aliphatic heterocycles. The van der Waals surface area contributed by atoms with Crippen LogP contribution in [0.5, 0.6) is 0 Å². The molecule has 0 aromatic carbocycles. The minimum absolute atomic E-state index is 0.0298. The molecule has 0 aliphatic carbocycles. The van der Waals surface area contributed by atoms with E-state index in [1.807, 2.05) is 39.0 Å². The second-order valence-corrected chi connectivity index (χ2v) is 4.29. The van der Waals surface area contributed by atoms with E-state index in [1.54, 1.807) is 12.4 Å². The van der Waals surface area contributed by atoms with E-state index in [-0.39, 0.29) is 11.6 Å². The molecule has 4 heteroatoms. The molecule has 2 aromatic heterocycles. The minimum Gasteiger partial charge on any atom is -0.268 e. The fraction of sp³-hybridized carbons (Fsp3) is 0.308. The van der Waals surface area contributed by atoms with Gasteiger partial charge in [0.25, 0.3) is 5.56 Å². The van der Waals surface area contributed by atoms with Gasteiger partial charge in [0, 0.05) is 23.5 Å². The summed E-state index contributed by atoms with van der Waals surface area (Å²) in [5.74, 6) is 0. The van der Waals surface area contributed by atoms with Crippen molar-refractivity contribution in [3.8, 4) is 11.3 Å². The van der Waals surface area contributed by atoms with Crippen LogP contribution < -0.4 is 5.56 Å². The summed E-state index contributed by atoms with van der Waals surface area (Å²) < 4.78 is 1.52. The van der Waals surface area contributed by atoms with Gasteiger partial charge in [-0.15, -0.1) is 0 Å². The summed E-state index contributed by atoms with van der Waals surface area (Å²) in [5, 5.41) is 4.38. The Morgan fingerprint density at radius 3 is 2.47 bits per heavy atom. The maximum absolute atomic E-state index is 11.9. The van der Waals surface area contributed by atoms with Crippen LogP contribution in [0.15, 0.2) is 35.4 Å². The zero-order valence-corrected chi connectivity index (χ0v) is 10.2. The van der Waals surface area contributed by atoms with E-state index in [9.17, 15) is 4.79 Å². The number of rotatable bonds is 2. The van der Waals surface area contributed by atoms with Crippen LogP contribution in [0, 0.1) is 6.92 Å². The van der Waals surface area contributed by atoms with Crippen LogP contribution in [0.4, 0.5) is 0 Å². The molecule has 4 nitrogen and oxygen atoms in total. The average Bonchev–Trinajstić information content (AvgIpc) is 2.33. The first-order valence-electron chi connectivity index (χ1n) is 5.60. The standard InChI is InChI=1S/C13H15N3O/c1-9(2)16-13(17)10(3)8-12(15-16)11-4-6-14-7-5-11/h4-9H,1-3H3. The van der Waals surface area contributed by atoms with Crippen molar-refractivity contribution in [3.63, 3.8) is 0 Å². The number of nitrogens with zero attached hydrogens (tertiary/aromatic N) is 3. The highest BCUT2D eigenvalue weighted by Crippen LogP contribution is 2.15. The van der Waals surface area contributed by atoms with Crippen LogP contribution in [0.3, 0.4) is 0 Å². The SMILES string of the molecule is Cc1cc(-c2ccncc2)nn(C(C)C)c1=O. The number of aromatic nitrogens is 3. The van der Waals surface area contributed by atoms with Crippen LogP contribution in [-0.2, 0) is 0 Å². The molecule has 88 valence electrons. The van der Waals surface area contributed by atoms with E-state index in [1.165, 1.54) is 4.68 Å². The summed E-state index contributed by atoms with van der Waals surface area (Å²) in [4.78, 5) is 15.9. The van der Waals surface area contributed by atoms with Crippen molar-refractivity contribution < 1.29 is 0 Å². The van der Waals surface area contributed by atoms with Crippen LogP contribution in [-0.4, -0.2) is 14.8 Å². The first-order chi connectivity index (χ1) is 8.09. The smallest absolute Gasteiger partial charge is 0.268 e. The summed E-state index contributed by atoms with van der Waals surface area (Å²) in [6, 6.07) is 5.65. The summed E-state index contributed by atoms with van der Waals surface area (Å²) in [6.45, 7) is 5.71. The molecule has 0 spiro atoms. The van der Waals surface area contributed by atoms with E-state index in [4.69, 9.17) is 0 Å². The highest BCUT2D eigenvalue weighted by molar-refractivity contribution is 5.58. The Hall–Kier alpha value is -1.97. The Labute approximate surface area is 99.9 Å². The summed E-state index contributed by atoms with van der Waals surface area (Å²) >= 11 is 0. The third kappa shape index (κ3) is 2.25. The highest BCUT2D eigenvalue weighted by atomic mass is 16.1. The first kappa shape index (κ1) is 11.5. The Bertz CT molecular complexity index is 573. The summed E-state index contributed by atoms with van der Waals surface area (Å²) in [5.41, 5.74) is 2.45. The second-order valence-electron chi connectivity index (χ2n) is 4.29. The molecule has 2 aromatic rings. The van der Waals surface area contributed by atoms with Crippen molar-refractivity contribution in [2.24, 2.45) is 0 Å². The number of hydrogen-bond acceptors (Lipinski definition) is 3. The second kappa shape index (κ2) is 4.49. The molecule has 0 radical (unpaired) electrons. The lowest BCUT2D eigenvalue weighted by Gasteiger charge is -2.11. The molecule has 17 heavy (non-hydrogen) atoms. The topological polar surface area (TPSA) is 47.8 Å². The molecule has 0 amide bonds. The van der Waals surface area contributed by atoms with Gasteiger partial charge in [0.2, 0.25) is 0 Å². The van der Waals surface area contributed by atoms with E-state index < -0.39 is 0 Å². The zero-order chi connectivity index (χ0) is 12.4. The van der Waals surface area contributed by atoms with Crippen molar-refractivity contribution in [1.29, 1.82) is 0 Å². The van der Waals surface area contributed by atoms with Crippen LogP contribution in [0.2, 0.25) is 0 Å². The van der Waals surface area contributed by atoms with Crippen molar-refractivity contribution >= 4 is 0 Å². The van der Waals surface area contributed by atoms with Gasteiger partial charge in [-0.2, -0.15) is 5.10 Å². The lowest BCUT2D eigenvalue weighted by molar-refractivity contribution is 0.502. The summed E-state index contributed by atoms with van der Waals surface area (Å²) in [6.07, 6.45) is 3.44. The van der Waals surface area contributed by atoms with Gasteiger partial charge in [0.05, 0.1) is 11.7 Å². The molecule has 2 rings (SSSR count). The largest absolute Gasteiger partial charge is 0.269 e. The molecule has 2 heterocycles. The van der Waals surface area contributed by atoms with E-state index >= 15 is 0 Å². The van der Waals surface area contributed by atoms with Gasteiger partial charge < -0.3 is 0 Å². The Kier molecular flexibility index (Phi) is 3.04. The Balaban J connectivity index is 2.62. The van der Waals surface area contributed by atoms with Crippen molar-refractivity contribution in [2.75, 3.05) is 0 Å². The average molecular weight is 229 g/mol. The molecule has 0 fully saturated rings. The van der Waals surface area contributed by atoms with Gasteiger partial charge in [0.15, 0.2) is 0 Å². The number of hydrogen-bond donors (Lipinski definition) is 0. The number of aryl methyl sites for hydroxylation is 1. The molecular weight excluding hydrogens is 214 g/mol. The van der Waals surface area contributed by atoms with Gasteiger partial charge >= 0.3 is 0 Å². The minimum atomic E-state index is -0.0298. The fourth-order valence-electron chi connectivity index (χ4n) is 1.65. The molecule has 0 unspecified atom stereocenters. The van der Waals surface area contributed by atoms with Crippen molar-refractivity contribution in [2.45, 2.75) is 26.8 Å². The molecule has 0 atom stereocenters. The van der Waals surface area contributed by atoms with Gasteiger partial charge in [-0.3, -0.25) is 9.78 Å². The lowest BCUT2D eigenvalue weighted by atomic mass is 10.1. The molecule has 0 aliphatic rings. The molecule has 0 saturated heterocycles. The Morgan fingerprint density at radius 1 is 1.24 bits per heavy atom. The highest BCUT2D eigenvalue weighted by Gasteiger charge is 2.08. The quantitative estimate of drug-likeness (QED) is 0.793. The third-order valence-corrected chi connectivity index (χ3v) is 2.58. The van der Waals surface area contributed by atoms with E-state index in [0.29, 0.717) is 5.56 Å². The van der Waals surface area contributed by atoms with E-state index in [2.05, 4.69) is 10.1 Å². The van der Waals surface area contributed by atoms with Gasteiger partial charge in [-0.25, -0.2) is 4.68 Å². The maximum atomic E-state index is 11.9. The monoisotopic (exact) mass is 229 g/mol. The predicted octanol–water partition coefficient (Wildman–Crippen LogP) is 2.19. The molecule has 0 N–H and O–H groups in total. The van der Waals surface area contributed by atoms with Crippen molar-refractivity contribution in [1.82, 2.24) is 14.8 Å². The fourth-order valence-corrected chi connectivity index (χ4v) is 1.65. The van der Waals surface area contributed by atoms with Gasteiger partial charge in [-0.1, -0.05) is 0 Å². The van der Waals surface area contributed by atoms with Gasteiger partial charge in [0.1, 0.15) is 0 Å². The molecule has 0 bridgehead atoms. The zero-order valence-electron chi connectivity index (χ0n) is 10.2. The van der Waals surface area contributed by atoms with Crippen LogP contribution >= 0.6 is 0 Å². The first-order valence-corrected chi connectivity index (χ1v) is 5.60. The predicted molar refractivity (Wildman–Crippen MR) is 66.9 cm³/mol.